The lowest BCUT2D eigenvalue weighted by molar-refractivity contribution is -0.134. The number of hydrogen-bond acceptors (Lipinski definition) is 5. The molecule has 1 fully saturated rings. The fraction of sp³-hybridized carbons (Fsp3) is 0.769. The van der Waals surface area contributed by atoms with E-state index >= 15 is 0 Å². The summed E-state index contributed by atoms with van der Waals surface area (Å²) in [4.78, 5) is 18.0. The summed E-state index contributed by atoms with van der Waals surface area (Å²) in [5, 5.41) is 3.98. The Labute approximate surface area is 113 Å². The number of piperidine rings is 1. The number of ether oxygens (including phenoxy) is 1. The predicted molar refractivity (Wildman–Crippen MR) is 68.8 cm³/mol. The van der Waals surface area contributed by atoms with Crippen LogP contribution in [-0.4, -0.2) is 47.8 Å². The monoisotopic (exact) mass is 267 g/mol. The summed E-state index contributed by atoms with van der Waals surface area (Å²) >= 11 is 0. The maximum absolute atomic E-state index is 11.8. The Kier molecular flexibility index (Phi) is 4.52. The molecule has 1 aromatic heterocycles. The molecule has 1 amide bonds. The highest BCUT2D eigenvalue weighted by Crippen LogP contribution is 2.27. The predicted octanol–water partition coefficient (Wildman–Crippen LogP) is 1.55. The largest absolute Gasteiger partial charge is 0.383 e. The van der Waals surface area contributed by atoms with Gasteiger partial charge in [-0.05, 0) is 6.42 Å². The molecule has 0 bridgehead atoms. The van der Waals surface area contributed by atoms with Crippen molar-refractivity contribution in [2.75, 3.05) is 26.8 Å². The van der Waals surface area contributed by atoms with E-state index in [1.165, 1.54) is 0 Å². The van der Waals surface area contributed by atoms with Gasteiger partial charge in [0.15, 0.2) is 5.82 Å². The first-order chi connectivity index (χ1) is 9.11. The molecule has 0 aromatic carbocycles. The van der Waals surface area contributed by atoms with Crippen LogP contribution in [0.4, 0.5) is 0 Å². The Bertz CT molecular complexity index is 431. The van der Waals surface area contributed by atoms with Gasteiger partial charge in [0, 0.05) is 32.5 Å². The molecule has 6 heteroatoms. The Morgan fingerprint density at radius 1 is 1.53 bits per heavy atom. The molecular weight excluding hydrogens is 246 g/mol. The van der Waals surface area contributed by atoms with Gasteiger partial charge in [-0.3, -0.25) is 4.79 Å². The lowest BCUT2D eigenvalue weighted by Gasteiger charge is -2.30. The number of amides is 1. The molecule has 0 radical (unpaired) electrons. The lowest BCUT2D eigenvalue weighted by atomic mass is 9.97. The summed E-state index contributed by atoms with van der Waals surface area (Å²) in [6.45, 7) is 5.88. The summed E-state index contributed by atoms with van der Waals surface area (Å²) in [5.74, 6) is 1.97. The molecule has 1 aromatic rings. The van der Waals surface area contributed by atoms with Crippen LogP contribution >= 0.6 is 0 Å². The molecule has 0 unspecified atom stereocenters. The maximum Gasteiger partial charge on any atom is 0.231 e. The van der Waals surface area contributed by atoms with E-state index in [0.29, 0.717) is 32.0 Å². The summed E-state index contributed by atoms with van der Waals surface area (Å²) < 4.78 is 10.3. The van der Waals surface area contributed by atoms with Crippen molar-refractivity contribution in [1.29, 1.82) is 0 Å². The first-order valence-corrected chi connectivity index (χ1v) is 6.72. The number of hydrogen-bond donors (Lipinski definition) is 0. The molecule has 1 saturated heterocycles. The van der Waals surface area contributed by atoms with Gasteiger partial charge in [0.1, 0.15) is 0 Å². The van der Waals surface area contributed by atoms with Crippen molar-refractivity contribution in [3.63, 3.8) is 0 Å². The molecular formula is C13H21N3O3. The highest BCUT2D eigenvalue weighted by Gasteiger charge is 2.30. The highest BCUT2D eigenvalue weighted by atomic mass is 16.5. The fourth-order valence-corrected chi connectivity index (χ4v) is 2.18. The minimum Gasteiger partial charge on any atom is -0.383 e. The highest BCUT2D eigenvalue weighted by molar-refractivity contribution is 5.77. The van der Waals surface area contributed by atoms with Crippen molar-refractivity contribution in [1.82, 2.24) is 15.0 Å². The number of rotatable bonds is 5. The van der Waals surface area contributed by atoms with E-state index in [2.05, 4.69) is 10.1 Å². The quantitative estimate of drug-likeness (QED) is 0.809. The van der Waals surface area contributed by atoms with Gasteiger partial charge in [-0.25, -0.2) is 0 Å². The van der Waals surface area contributed by atoms with E-state index in [1.54, 1.807) is 7.11 Å². The molecule has 0 aliphatic carbocycles. The van der Waals surface area contributed by atoms with Gasteiger partial charge in [-0.15, -0.1) is 0 Å². The van der Waals surface area contributed by atoms with Gasteiger partial charge >= 0.3 is 0 Å². The summed E-state index contributed by atoms with van der Waals surface area (Å²) in [6.07, 6.45) is 1.32. The van der Waals surface area contributed by atoms with Crippen molar-refractivity contribution in [3.8, 4) is 0 Å². The number of methoxy groups -OCH3 is 1. The molecule has 106 valence electrons. The number of likely N-dealkylation sites (tertiary alicyclic amines) is 1. The van der Waals surface area contributed by atoms with Crippen LogP contribution in [0.3, 0.4) is 0 Å². The van der Waals surface area contributed by atoms with Gasteiger partial charge in [0.05, 0.1) is 12.5 Å². The van der Waals surface area contributed by atoms with Crippen molar-refractivity contribution in [2.45, 2.75) is 38.5 Å². The van der Waals surface area contributed by atoms with Crippen molar-refractivity contribution in [2.24, 2.45) is 0 Å². The molecule has 1 aliphatic rings. The zero-order valence-corrected chi connectivity index (χ0v) is 11.8. The molecule has 0 spiro atoms. The van der Waals surface area contributed by atoms with Crippen LogP contribution in [0.5, 0.6) is 0 Å². The van der Waals surface area contributed by atoms with Crippen LogP contribution in [0.15, 0.2) is 4.52 Å². The average Bonchev–Trinajstić information content (AvgIpc) is 2.87. The van der Waals surface area contributed by atoms with E-state index < -0.39 is 0 Å². The van der Waals surface area contributed by atoms with Crippen LogP contribution < -0.4 is 0 Å². The lowest BCUT2D eigenvalue weighted by Crippen LogP contribution is -2.41. The summed E-state index contributed by atoms with van der Waals surface area (Å²) in [7, 11) is 1.64. The van der Waals surface area contributed by atoms with Gasteiger partial charge in [-0.2, -0.15) is 4.98 Å². The first-order valence-electron chi connectivity index (χ1n) is 6.72. The topological polar surface area (TPSA) is 68.5 Å². The minimum absolute atomic E-state index is 0.148. The van der Waals surface area contributed by atoms with Crippen LogP contribution in [0.1, 0.15) is 50.2 Å². The Morgan fingerprint density at radius 3 is 2.95 bits per heavy atom. The van der Waals surface area contributed by atoms with Crippen LogP contribution in [-0.2, 0) is 9.53 Å². The van der Waals surface area contributed by atoms with E-state index in [9.17, 15) is 4.79 Å². The second kappa shape index (κ2) is 6.14. The first kappa shape index (κ1) is 14.0. The third kappa shape index (κ3) is 3.32. The zero-order chi connectivity index (χ0) is 13.8. The van der Waals surface area contributed by atoms with E-state index in [0.717, 1.165) is 12.2 Å². The van der Waals surface area contributed by atoms with Gasteiger partial charge < -0.3 is 14.2 Å². The Hall–Kier alpha value is -1.43. The molecule has 0 saturated carbocycles. The fourth-order valence-electron chi connectivity index (χ4n) is 2.18. The molecule has 1 aliphatic heterocycles. The second-order valence-electron chi connectivity index (χ2n) is 5.21. The molecule has 0 N–H and O–H groups in total. The van der Waals surface area contributed by atoms with Crippen molar-refractivity contribution < 1.29 is 14.1 Å². The van der Waals surface area contributed by atoms with E-state index in [4.69, 9.17) is 9.26 Å². The number of nitrogens with zero attached hydrogens (tertiary/aromatic N) is 3. The maximum atomic E-state index is 11.8. The molecule has 2 heterocycles. The minimum atomic E-state index is 0.148. The third-order valence-electron chi connectivity index (χ3n) is 3.39. The standard InChI is InChI=1S/C13H21N3O3/c1-9(2)12-14-13(19-15-12)10-4-5-11(17)16(8-10)6-7-18-3/h9-10H,4-8H2,1-3H3/t10-/m0/s1. The Morgan fingerprint density at radius 2 is 2.32 bits per heavy atom. The van der Waals surface area contributed by atoms with Crippen molar-refractivity contribution in [3.05, 3.63) is 11.7 Å². The number of carbonyl (C=O) groups excluding carboxylic acids is 1. The van der Waals surface area contributed by atoms with E-state index in [1.807, 2.05) is 18.7 Å². The van der Waals surface area contributed by atoms with Gasteiger partial charge in [0.25, 0.3) is 0 Å². The second-order valence-corrected chi connectivity index (χ2v) is 5.21. The molecule has 1 atom stereocenters. The number of carbonyl (C=O) groups is 1. The molecule has 2 rings (SSSR count). The van der Waals surface area contributed by atoms with Crippen LogP contribution in [0, 0.1) is 0 Å². The van der Waals surface area contributed by atoms with Gasteiger partial charge in [-0.1, -0.05) is 19.0 Å². The SMILES string of the molecule is COCCN1C[C@@H](c2nc(C(C)C)no2)CCC1=O. The normalized spacial score (nSPS) is 20.3. The Balaban J connectivity index is 2.01. The summed E-state index contributed by atoms with van der Waals surface area (Å²) in [5.41, 5.74) is 0. The smallest absolute Gasteiger partial charge is 0.231 e. The van der Waals surface area contributed by atoms with Crippen LogP contribution in [0.25, 0.3) is 0 Å². The third-order valence-corrected chi connectivity index (χ3v) is 3.39. The molecule has 6 nitrogen and oxygen atoms in total. The van der Waals surface area contributed by atoms with Gasteiger partial charge in [0.2, 0.25) is 11.8 Å². The molecule has 19 heavy (non-hydrogen) atoms. The average molecular weight is 267 g/mol. The van der Waals surface area contributed by atoms with Crippen molar-refractivity contribution >= 4 is 5.91 Å². The van der Waals surface area contributed by atoms with E-state index in [-0.39, 0.29) is 17.7 Å². The van der Waals surface area contributed by atoms with Crippen LogP contribution in [0.2, 0.25) is 0 Å². The summed E-state index contributed by atoms with van der Waals surface area (Å²) in [6, 6.07) is 0. The zero-order valence-electron chi connectivity index (χ0n) is 11.8. The number of aromatic nitrogens is 2.